The van der Waals surface area contributed by atoms with Gasteiger partial charge in [-0.3, -0.25) is 0 Å². The van der Waals surface area contributed by atoms with E-state index in [1.54, 1.807) is 0 Å². The van der Waals surface area contributed by atoms with Gasteiger partial charge in [0, 0.05) is 35.9 Å². The van der Waals surface area contributed by atoms with Crippen LogP contribution in [0.2, 0.25) is 5.02 Å². The molecular weight excluding hydrogens is 268 g/mol. The summed E-state index contributed by atoms with van der Waals surface area (Å²) in [7, 11) is 0. The van der Waals surface area contributed by atoms with E-state index in [-0.39, 0.29) is 0 Å². The van der Waals surface area contributed by atoms with Crippen LogP contribution >= 0.6 is 11.6 Å². The number of anilines is 1. The van der Waals surface area contributed by atoms with Gasteiger partial charge in [0.2, 0.25) is 0 Å². The van der Waals surface area contributed by atoms with Crippen molar-refractivity contribution in [2.75, 3.05) is 11.4 Å². The Morgan fingerprint density at radius 2 is 1.95 bits per heavy atom. The van der Waals surface area contributed by atoms with Crippen LogP contribution in [0.25, 0.3) is 0 Å². The second kappa shape index (κ2) is 6.82. The lowest BCUT2D eigenvalue weighted by atomic mass is 10.1. The molecule has 1 fully saturated rings. The van der Waals surface area contributed by atoms with Crippen LogP contribution in [0.4, 0.5) is 5.69 Å². The number of hydrogen-bond acceptors (Lipinski definition) is 2. The van der Waals surface area contributed by atoms with Crippen molar-refractivity contribution < 1.29 is 0 Å². The molecule has 1 aliphatic carbocycles. The smallest absolute Gasteiger partial charge is 0.0471 e. The summed E-state index contributed by atoms with van der Waals surface area (Å²) in [6.45, 7) is 10.8. The van der Waals surface area contributed by atoms with Crippen molar-refractivity contribution in [1.82, 2.24) is 5.32 Å². The maximum atomic E-state index is 6.45. The largest absolute Gasteiger partial charge is 0.369 e. The van der Waals surface area contributed by atoms with Gasteiger partial charge in [-0.2, -0.15) is 0 Å². The predicted molar refractivity (Wildman–Crippen MR) is 88.6 cm³/mol. The van der Waals surface area contributed by atoms with Crippen molar-refractivity contribution in [1.29, 1.82) is 0 Å². The molecule has 20 heavy (non-hydrogen) atoms. The highest BCUT2D eigenvalue weighted by Gasteiger charge is 2.25. The number of nitrogens with zero attached hydrogens (tertiary/aromatic N) is 1. The highest BCUT2D eigenvalue weighted by molar-refractivity contribution is 6.31. The van der Waals surface area contributed by atoms with E-state index in [0.717, 1.165) is 24.0 Å². The lowest BCUT2D eigenvalue weighted by Crippen LogP contribution is -2.32. The van der Waals surface area contributed by atoms with E-state index in [4.69, 9.17) is 11.6 Å². The molecule has 112 valence electrons. The van der Waals surface area contributed by atoms with Gasteiger partial charge in [0.15, 0.2) is 0 Å². The molecule has 0 atom stereocenters. The zero-order chi connectivity index (χ0) is 14.7. The molecule has 0 saturated heterocycles. The summed E-state index contributed by atoms with van der Waals surface area (Å²) >= 11 is 6.45. The topological polar surface area (TPSA) is 15.3 Å². The van der Waals surface area contributed by atoms with Crippen LogP contribution in [0, 0.1) is 5.92 Å². The highest BCUT2D eigenvalue weighted by Crippen LogP contribution is 2.33. The molecule has 0 amide bonds. The highest BCUT2D eigenvalue weighted by atomic mass is 35.5. The minimum atomic E-state index is 0.479. The van der Waals surface area contributed by atoms with Crippen molar-refractivity contribution in [3.05, 3.63) is 28.8 Å². The molecule has 1 aromatic rings. The molecule has 0 spiro atoms. The third-order valence-corrected chi connectivity index (χ3v) is 4.20. The van der Waals surface area contributed by atoms with Crippen LogP contribution < -0.4 is 10.2 Å². The maximum Gasteiger partial charge on any atom is 0.0471 e. The second-order valence-electron chi connectivity index (χ2n) is 6.50. The van der Waals surface area contributed by atoms with Gasteiger partial charge in [0.25, 0.3) is 0 Å². The first-order chi connectivity index (χ1) is 9.47. The van der Waals surface area contributed by atoms with Crippen molar-refractivity contribution in [3.63, 3.8) is 0 Å². The fourth-order valence-corrected chi connectivity index (χ4v) is 2.61. The van der Waals surface area contributed by atoms with E-state index < -0.39 is 0 Å². The van der Waals surface area contributed by atoms with Crippen molar-refractivity contribution in [2.45, 2.75) is 59.2 Å². The normalized spacial score (nSPS) is 15.2. The van der Waals surface area contributed by atoms with Crippen LogP contribution in [-0.4, -0.2) is 18.6 Å². The second-order valence-corrected chi connectivity index (χ2v) is 6.91. The van der Waals surface area contributed by atoms with E-state index in [1.807, 2.05) is 0 Å². The molecule has 1 N–H and O–H groups in total. The molecule has 1 aromatic carbocycles. The predicted octanol–water partition coefficient (Wildman–Crippen LogP) is 4.46. The average molecular weight is 295 g/mol. The average Bonchev–Trinajstić information content (AvgIpc) is 3.17. The monoisotopic (exact) mass is 294 g/mol. The summed E-state index contributed by atoms with van der Waals surface area (Å²) in [5.74, 6) is 0.887. The van der Waals surface area contributed by atoms with Gasteiger partial charge in [-0.15, -0.1) is 0 Å². The zero-order valence-corrected chi connectivity index (χ0v) is 13.9. The maximum absolute atomic E-state index is 6.45. The van der Waals surface area contributed by atoms with Crippen LogP contribution in [0.3, 0.4) is 0 Å². The van der Waals surface area contributed by atoms with Crippen LogP contribution in [0.1, 0.15) is 46.1 Å². The van der Waals surface area contributed by atoms with Gasteiger partial charge < -0.3 is 10.2 Å². The molecule has 1 saturated carbocycles. The van der Waals surface area contributed by atoms with E-state index in [2.05, 4.69) is 56.1 Å². The lowest BCUT2D eigenvalue weighted by molar-refractivity contribution is 0.588. The van der Waals surface area contributed by atoms with Crippen molar-refractivity contribution in [2.24, 2.45) is 5.92 Å². The zero-order valence-electron chi connectivity index (χ0n) is 13.1. The van der Waals surface area contributed by atoms with Crippen molar-refractivity contribution in [3.8, 4) is 0 Å². The molecule has 0 aromatic heterocycles. The van der Waals surface area contributed by atoms with Gasteiger partial charge in [-0.05, 0) is 50.3 Å². The fraction of sp³-hybridized carbons (Fsp3) is 0.647. The number of nitrogens with one attached hydrogen (secondary N) is 1. The number of hydrogen-bond donors (Lipinski definition) is 1. The SMILES string of the molecule is CC(C)NCc1ccc(N(CC2CC2)C(C)C)cc1Cl. The van der Waals surface area contributed by atoms with Gasteiger partial charge >= 0.3 is 0 Å². The quantitative estimate of drug-likeness (QED) is 0.798. The molecule has 0 unspecified atom stereocenters. The van der Waals surface area contributed by atoms with E-state index in [9.17, 15) is 0 Å². The minimum absolute atomic E-state index is 0.479. The van der Waals surface area contributed by atoms with Gasteiger partial charge in [-0.1, -0.05) is 31.5 Å². The Kier molecular flexibility index (Phi) is 5.34. The van der Waals surface area contributed by atoms with E-state index in [1.165, 1.54) is 24.1 Å². The van der Waals surface area contributed by atoms with Crippen molar-refractivity contribution >= 4 is 17.3 Å². The molecule has 0 heterocycles. The molecule has 2 rings (SSSR count). The molecule has 2 nitrogen and oxygen atoms in total. The molecule has 0 radical (unpaired) electrons. The molecule has 0 aliphatic heterocycles. The summed E-state index contributed by atoms with van der Waals surface area (Å²) < 4.78 is 0. The Morgan fingerprint density at radius 1 is 1.25 bits per heavy atom. The third-order valence-electron chi connectivity index (χ3n) is 3.84. The Labute approximate surface area is 128 Å². The standard InChI is InChI=1S/C17H27ClN2/c1-12(2)19-10-15-7-8-16(9-17(15)18)20(13(3)4)11-14-5-6-14/h7-9,12-14,19H,5-6,10-11H2,1-4H3. The van der Waals surface area contributed by atoms with Crippen LogP contribution in [-0.2, 0) is 6.54 Å². The number of benzene rings is 1. The summed E-state index contributed by atoms with van der Waals surface area (Å²) in [5.41, 5.74) is 2.43. The van der Waals surface area contributed by atoms with Crippen LogP contribution in [0.15, 0.2) is 18.2 Å². The molecule has 1 aliphatic rings. The molecular formula is C17H27ClN2. The van der Waals surface area contributed by atoms with Gasteiger partial charge in [0.1, 0.15) is 0 Å². The Balaban J connectivity index is 2.09. The number of rotatable bonds is 7. The van der Waals surface area contributed by atoms with Crippen LogP contribution in [0.5, 0.6) is 0 Å². The van der Waals surface area contributed by atoms with Gasteiger partial charge in [0.05, 0.1) is 0 Å². The van der Waals surface area contributed by atoms with E-state index >= 15 is 0 Å². The number of halogens is 1. The lowest BCUT2D eigenvalue weighted by Gasteiger charge is -2.29. The summed E-state index contributed by atoms with van der Waals surface area (Å²) in [5, 5.41) is 4.29. The minimum Gasteiger partial charge on any atom is -0.369 e. The first-order valence-corrected chi connectivity index (χ1v) is 8.13. The molecule has 3 heteroatoms. The van der Waals surface area contributed by atoms with Gasteiger partial charge in [-0.25, -0.2) is 0 Å². The Hall–Kier alpha value is -0.730. The summed E-state index contributed by atoms with van der Waals surface area (Å²) in [4.78, 5) is 2.48. The first-order valence-electron chi connectivity index (χ1n) is 7.75. The first kappa shape index (κ1) is 15.7. The van der Waals surface area contributed by atoms with E-state index in [0.29, 0.717) is 12.1 Å². The summed E-state index contributed by atoms with van der Waals surface area (Å²) in [6.07, 6.45) is 2.76. The Morgan fingerprint density at radius 3 is 2.45 bits per heavy atom. The molecule has 0 bridgehead atoms. The Bertz CT molecular complexity index is 439. The summed E-state index contributed by atoms with van der Waals surface area (Å²) in [6, 6.07) is 7.50. The third kappa shape index (κ3) is 4.39. The fourth-order valence-electron chi connectivity index (χ4n) is 2.37.